The molecular formula is C25H38N4O3. The molecule has 3 unspecified atom stereocenters. The average Bonchev–Trinajstić information content (AvgIpc) is 3.04. The summed E-state index contributed by atoms with van der Waals surface area (Å²) in [6, 6.07) is 0.534. The minimum atomic E-state index is -0.605. The van der Waals surface area contributed by atoms with E-state index >= 15 is 0 Å². The minimum Gasteiger partial charge on any atom is -0.477 e. The summed E-state index contributed by atoms with van der Waals surface area (Å²) in [5.41, 5.74) is 1.67. The lowest BCUT2D eigenvalue weighted by Gasteiger charge is -2.26. The standard InChI is InChI=1S/C25H38N4O3/c1-16(2)15-32-22-19(14-26-29(22)11-10-24(4,5)28-23(30)31-6)17(3)27-21-20-12-18-8-7-9-25(20,21)13-18/h10-11,14,16,18,20-21,27H,3,7-9,12-13,15H2,1-2,4-6H3,(H,28,30)/b11-10+/t18?,20?,21-,25?/m1/s1. The second kappa shape index (κ2) is 8.49. The van der Waals surface area contributed by atoms with Crippen LogP contribution in [-0.2, 0) is 4.74 Å². The summed E-state index contributed by atoms with van der Waals surface area (Å²) in [6.07, 6.45) is 11.9. The molecule has 32 heavy (non-hydrogen) atoms. The molecule has 1 aromatic heterocycles. The summed E-state index contributed by atoms with van der Waals surface area (Å²) in [6.45, 7) is 13.0. The van der Waals surface area contributed by atoms with E-state index in [1.807, 2.05) is 32.3 Å². The first-order valence-corrected chi connectivity index (χ1v) is 11.9. The predicted octanol–water partition coefficient (Wildman–Crippen LogP) is 4.66. The van der Waals surface area contributed by atoms with Crippen molar-refractivity contribution in [1.82, 2.24) is 20.4 Å². The van der Waals surface area contributed by atoms with Gasteiger partial charge >= 0.3 is 6.09 Å². The van der Waals surface area contributed by atoms with Gasteiger partial charge in [-0.05, 0) is 62.4 Å². The number of amides is 1. The maximum absolute atomic E-state index is 11.6. The van der Waals surface area contributed by atoms with Crippen molar-refractivity contribution in [3.63, 3.8) is 0 Å². The smallest absolute Gasteiger partial charge is 0.407 e. The van der Waals surface area contributed by atoms with Crippen LogP contribution in [0.3, 0.4) is 0 Å². The van der Waals surface area contributed by atoms with Crippen molar-refractivity contribution in [2.45, 2.75) is 71.4 Å². The number of nitrogens with zero attached hydrogens (tertiary/aromatic N) is 2. The molecule has 1 heterocycles. The Kier molecular flexibility index (Phi) is 6.03. The lowest BCUT2D eigenvalue weighted by atomic mass is 9.82. The maximum Gasteiger partial charge on any atom is 0.407 e. The normalized spacial score (nSPS) is 28.5. The SMILES string of the molecule is C=C(N[C@@H]1C2CC3CCCC21C3)c1cnn(/C=C/C(C)(C)NC(=O)OC)c1OCC(C)C. The average molecular weight is 443 g/mol. The van der Waals surface area contributed by atoms with Gasteiger partial charge in [0, 0.05) is 17.9 Å². The summed E-state index contributed by atoms with van der Waals surface area (Å²) in [4.78, 5) is 11.6. The fraction of sp³-hybridized carbons (Fsp3) is 0.680. The van der Waals surface area contributed by atoms with Crippen molar-refractivity contribution in [3.8, 4) is 5.88 Å². The number of carbonyl (C=O) groups excluding carboxylic acids is 1. The van der Waals surface area contributed by atoms with E-state index in [9.17, 15) is 4.79 Å². The van der Waals surface area contributed by atoms with Gasteiger partial charge in [-0.15, -0.1) is 0 Å². The molecule has 0 aliphatic heterocycles. The van der Waals surface area contributed by atoms with Gasteiger partial charge in [-0.1, -0.05) is 33.3 Å². The maximum atomic E-state index is 11.6. The molecular weight excluding hydrogens is 404 g/mol. The zero-order valence-electron chi connectivity index (χ0n) is 20.1. The quantitative estimate of drug-likeness (QED) is 0.581. The molecule has 4 rings (SSSR count). The van der Waals surface area contributed by atoms with E-state index in [1.165, 1.54) is 39.2 Å². The van der Waals surface area contributed by atoms with Gasteiger partial charge in [-0.25, -0.2) is 9.48 Å². The Morgan fingerprint density at radius 2 is 2.25 bits per heavy atom. The molecule has 7 nitrogen and oxygen atoms in total. The first kappa shape index (κ1) is 22.7. The molecule has 1 amide bonds. The molecule has 3 aliphatic carbocycles. The number of rotatable bonds is 9. The molecule has 4 atom stereocenters. The molecule has 0 radical (unpaired) electrons. The predicted molar refractivity (Wildman–Crippen MR) is 126 cm³/mol. The molecule has 0 aromatic carbocycles. The van der Waals surface area contributed by atoms with Crippen LogP contribution in [0, 0.1) is 23.2 Å². The lowest BCUT2D eigenvalue weighted by Crippen LogP contribution is -2.41. The van der Waals surface area contributed by atoms with Gasteiger partial charge in [0.05, 0.1) is 31.0 Å². The molecule has 0 saturated heterocycles. The van der Waals surface area contributed by atoms with Crippen LogP contribution in [0.5, 0.6) is 5.88 Å². The molecule has 3 saturated carbocycles. The third-order valence-electron chi connectivity index (χ3n) is 7.36. The van der Waals surface area contributed by atoms with E-state index in [0.717, 1.165) is 23.1 Å². The van der Waals surface area contributed by atoms with Gasteiger partial charge in [0.15, 0.2) is 0 Å². The number of fused-ring (bicyclic) bond motifs is 1. The summed E-state index contributed by atoms with van der Waals surface area (Å²) < 4.78 is 12.6. The molecule has 2 bridgehead atoms. The molecule has 2 N–H and O–H groups in total. The summed E-state index contributed by atoms with van der Waals surface area (Å²) in [7, 11) is 1.35. The van der Waals surface area contributed by atoms with Crippen molar-refractivity contribution in [2.24, 2.45) is 23.2 Å². The number of aromatic nitrogens is 2. The van der Waals surface area contributed by atoms with Crippen LogP contribution in [0.1, 0.15) is 65.4 Å². The Labute approximate surface area is 191 Å². The van der Waals surface area contributed by atoms with Crippen LogP contribution in [0.15, 0.2) is 18.9 Å². The largest absolute Gasteiger partial charge is 0.477 e. The van der Waals surface area contributed by atoms with Crippen LogP contribution in [-0.4, -0.2) is 41.2 Å². The van der Waals surface area contributed by atoms with E-state index in [2.05, 4.69) is 36.2 Å². The van der Waals surface area contributed by atoms with Gasteiger partial charge in [0.2, 0.25) is 5.88 Å². The summed E-state index contributed by atoms with van der Waals surface area (Å²) >= 11 is 0. The first-order valence-electron chi connectivity index (χ1n) is 11.9. The first-order chi connectivity index (χ1) is 15.1. The Bertz CT molecular complexity index is 903. The zero-order chi connectivity index (χ0) is 23.1. The fourth-order valence-electron chi connectivity index (χ4n) is 5.77. The highest BCUT2D eigenvalue weighted by Gasteiger charge is 2.69. The molecule has 7 heteroatoms. The summed E-state index contributed by atoms with van der Waals surface area (Å²) in [5.74, 6) is 2.80. The van der Waals surface area contributed by atoms with Gasteiger partial charge in [0.1, 0.15) is 0 Å². The fourth-order valence-corrected chi connectivity index (χ4v) is 5.77. The van der Waals surface area contributed by atoms with Crippen LogP contribution in [0.4, 0.5) is 4.79 Å². The molecule has 3 fully saturated rings. The molecule has 3 aliphatic rings. The Balaban J connectivity index is 1.49. The topological polar surface area (TPSA) is 77.4 Å². The number of alkyl carbamates (subject to hydrolysis) is 1. The highest BCUT2D eigenvalue weighted by Crippen LogP contribution is 2.71. The second-order valence-electron chi connectivity index (χ2n) is 10.8. The van der Waals surface area contributed by atoms with Crippen LogP contribution < -0.4 is 15.4 Å². The third kappa shape index (κ3) is 4.39. The highest BCUT2D eigenvalue weighted by atomic mass is 16.5. The van der Waals surface area contributed by atoms with E-state index in [-0.39, 0.29) is 0 Å². The van der Waals surface area contributed by atoms with Gasteiger partial charge in [0.25, 0.3) is 0 Å². The van der Waals surface area contributed by atoms with Gasteiger partial charge in [-0.3, -0.25) is 0 Å². The second-order valence-corrected chi connectivity index (χ2v) is 10.8. The van der Waals surface area contributed by atoms with Crippen molar-refractivity contribution < 1.29 is 14.3 Å². The van der Waals surface area contributed by atoms with Crippen LogP contribution >= 0.6 is 0 Å². The number of carbonyl (C=O) groups is 1. The van der Waals surface area contributed by atoms with Crippen molar-refractivity contribution >= 4 is 18.0 Å². The Morgan fingerprint density at radius 1 is 1.47 bits per heavy atom. The lowest BCUT2D eigenvalue weighted by molar-refractivity contribution is 0.164. The number of hydrogen-bond acceptors (Lipinski definition) is 5. The van der Waals surface area contributed by atoms with Crippen molar-refractivity contribution in [2.75, 3.05) is 13.7 Å². The molecule has 176 valence electrons. The molecule has 1 spiro atoms. The van der Waals surface area contributed by atoms with Crippen LogP contribution in [0.25, 0.3) is 11.9 Å². The third-order valence-corrected chi connectivity index (χ3v) is 7.36. The van der Waals surface area contributed by atoms with E-state index in [0.29, 0.717) is 29.9 Å². The van der Waals surface area contributed by atoms with Crippen LogP contribution in [0.2, 0.25) is 0 Å². The zero-order valence-corrected chi connectivity index (χ0v) is 20.1. The Hall–Kier alpha value is -2.44. The van der Waals surface area contributed by atoms with Crippen molar-refractivity contribution in [3.05, 3.63) is 24.4 Å². The number of methoxy groups -OCH3 is 1. The highest BCUT2D eigenvalue weighted by molar-refractivity contribution is 5.69. The van der Waals surface area contributed by atoms with Gasteiger partial charge in [-0.2, -0.15) is 5.10 Å². The Morgan fingerprint density at radius 3 is 2.97 bits per heavy atom. The number of hydrogen-bond donors (Lipinski definition) is 2. The molecule has 1 aromatic rings. The monoisotopic (exact) mass is 442 g/mol. The summed E-state index contributed by atoms with van der Waals surface area (Å²) in [5, 5.41) is 11.1. The van der Waals surface area contributed by atoms with Gasteiger partial charge < -0.3 is 20.1 Å². The minimum absolute atomic E-state index is 0.384. The van der Waals surface area contributed by atoms with E-state index < -0.39 is 11.6 Å². The van der Waals surface area contributed by atoms with Crippen molar-refractivity contribution in [1.29, 1.82) is 0 Å². The number of ether oxygens (including phenoxy) is 2. The number of nitrogens with one attached hydrogen (secondary N) is 2. The van der Waals surface area contributed by atoms with E-state index in [1.54, 1.807) is 4.68 Å². The van der Waals surface area contributed by atoms with E-state index in [4.69, 9.17) is 9.47 Å².